The van der Waals surface area contributed by atoms with Crippen molar-refractivity contribution in [2.24, 2.45) is 10.9 Å². The van der Waals surface area contributed by atoms with Crippen LogP contribution in [0.2, 0.25) is 0 Å². The highest BCUT2D eigenvalue weighted by atomic mass is 16.7. The molecule has 1 aliphatic carbocycles. The Labute approximate surface area is 154 Å². The van der Waals surface area contributed by atoms with Crippen LogP contribution in [0.25, 0.3) is 0 Å². The maximum Gasteiger partial charge on any atom is 0.155 e. The number of nitrogens with zero attached hydrogens (tertiary/aromatic N) is 1. The Morgan fingerprint density at radius 1 is 1.36 bits per heavy atom. The van der Waals surface area contributed by atoms with E-state index >= 15 is 0 Å². The van der Waals surface area contributed by atoms with Gasteiger partial charge in [-0.15, -0.1) is 0 Å². The van der Waals surface area contributed by atoms with Gasteiger partial charge in [0.15, 0.2) is 6.29 Å². The van der Waals surface area contributed by atoms with E-state index in [-0.39, 0.29) is 19.0 Å². The molecular formula is C21H39NO3. The van der Waals surface area contributed by atoms with Gasteiger partial charge in [0.05, 0.1) is 12.1 Å². The van der Waals surface area contributed by atoms with Gasteiger partial charge in [-0.2, -0.15) is 0 Å². The van der Waals surface area contributed by atoms with Crippen molar-refractivity contribution in [3.63, 3.8) is 0 Å². The van der Waals surface area contributed by atoms with E-state index in [1.807, 2.05) is 13.8 Å². The molecule has 0 aliphatic heterocycles. The van der Waals surface area contributed by atoms with Crippen LogP contribution in [-0.4, -0.2) is 42.5 Å². The molecule has 4 heteroatoms. The molecule has 1 aliphatic rings. The first-order valence-electron chi connectivity index (χ1n) is 10.0. The van der Waals surface area contributed by atoms with Crippen LogP contribution < -0.4 is 0 Å². The maximum absolute atomic E-state index is 9.19. The Morgan fingerprint density at radius 2 is 2.08 bits per heavy atom. The molecule has 0 aromatic heterocycles. The van der Waals surface area contributed by atoms with E-state index in [0.717, 1.165) is 38.5 Å². The van der Waals surface area contributed by atoms with Gasteiger partial charge in [-0.1, -0.05) is 25.0 Å². The Bertz CT molecular complexity index is 444. The molecule has 1 N–H and O–H groups in total. The van der Waals surface area contributed by atoms with Gasteiger partial charge in [0.25, 0.3) is 0 Å². The zero-order valence-electron chi connectivity index (χ0n) is 17.2. The minimum Gasteiger partial charge on any atom is -0.396 e. The molecule has 0 saturated carbocycles. The molecule has 146 valence electrons. The molecule has 0 radical (unpaired) electrons. The summed E-state index contributed by atoms with van der Waals surface area (Å²) in [5.74, 6) is 0.515. The molecule has 4 unspecified atom stereocenters. The fourth-order valence-electron chi connectivity index (χ4n) is 3.73. The summed E-state index contributed by atoms with van der Waals surface area (Å²) in [4.78, 5) is 4.91. The average molecular weight is 354 g/mol. The molecule has 4 atom stereocenters. The van der Waals surface area contributed by atoms with Gasteiger partial charge in [-0.3, -0.25) is 4.99 Å². The van der Waals surface area contributed by atoms with Crippen LogP contribution in [0.1, 0.15) is 80.1 Å². The van der Waals surface area contributed by atoms with Crippen LogP contribution in [0.4, 0.5) is 0 Å². The van der Waals surface area contributed by atoms with Crippen molar-refractivity contribution >= 4 is 5.71 Å². The van der Waals surface area contributed by atoms with E-state index in [1.54, 1.807) is 5.57 Å². The van der Waals surface area contributed by atoms with Crippen molar-refractivity contribution in [3.8, 4) is 0 Å². The highest BCUT2D eigenvalue weighted by Crippen LogP contribution is 2.35. The molecule has 0 amide bonds. The monoisotopic (exact) mass is 353 g/mol. The number of rotatable bonds is 11. The van der Waals surface area contributed by atoms with E-state index in [9.17, 15) is 5.11 Å². The van der Waals surface area contributed by atoms with Crippen LogP contribution >= 0.6 is 0 Å². The fourth-order valence-corrected chi connectivity index (χ4v) is 3.73. The highest BCUT2D eigenvalue weighted by Gasteiger charge is 2.27. The summed E-state index contributed by atoms with van der Waals surface area (Å²) in [6.07, 6.45) is 5.94. The zero-order valence-corrected chi connectivity index (χ0v) is 17.2. The molecule has 0 aromatic carbocycles. The highest BCUT2D eigenvalue weighted by molar-refractivity contribution is 5.81. The Hall–Kier alpha value is -0.710. The first-order chi connectivity index (χ1) is 11.9. The number of hydrogen-bond acceptors (Lipinski definition) is 4. The molecule has 0 saturated heterocycles. The van der Waals surface area contributed by atoms with Crippen LogP contribution in [0.3, 0.4) is 0 Å². The second-order valence-corrected chi connectivity index (χ2v) is 7.37. The van der Waals surface area contributed by atoms with Crippen molar-refractivity contribution in [1.29, 1.82) is 0 Å². The first kappa shape index (κ1) is 22.3. The largest absolute Gasteiger partial charge is 0.396 e. The lowest BCUT2D eigenvalue weighted by atomic mass is 9.79. The van der Waals surface area contributed by atoms with Gasteiger partial charge in [0.2, 0.25) is 0 Å². The van der Waals surface area contributed by atoms with Gasteiger partial charge in [0.1, 0.15) is 0 Å². The second-order valence-electron chi connectivity index (χ2n) is 7.37. The predicted molar refractivity (Wildman–Crippen MR) is 105 cm³/mol. The van der Waals surface area contributed by atoms with Gasteiger partial charge < -0.3 is 14.6 Å². The lowest BCUT2D eigenvalue weighted by molar-refractivity contribution is -0.161. The van der Waals surface area contributed by atoms with Crippen molar-refractivity contribution in [3.05, 3.63) is 11.1 Å². The van der Waals surface area contributed by atoms with Gasteiger partial charge in [-0.25, -0.2) is 0 Å². The summed E-state index contributed by atoms with van der Waals surface area (Å²) in [6, 6.07) is 0.291. The third-order valence-electron chi connectivity index (χ3n) is 5.14. The summed E-state index contributed by atoms with van der Waals surface area (Å²) < 4.78 is 11.6. The normalized spacial score (nSPS) is 24.5. The fraction of sp³-hybridized carbons (Fsp3) is 0.857. The number of aliphatic imine (C=N–C) groups is 1. The van der Waals surface area contributed by atoms with Gasteiger partial charge in [-0.05, 0) is 72.1 Å². The number of aliphatic hydroxyl groups excluding tert-OH is 1. The summed E-state index contributed by atoms with van der Waals surface area (Å²) in [7, 11) is 0. The van der Waals surface area contributed by atoms with Crippen LogP contribution in [0, 0.1) is 5.92 Å². The van der Waals surface area contributed by atoms with Crippen LogP contribution in [-0.2, 0) is 9.47 Å². The number of ether oxygens (including phenoxy) is 2. The van der Waals surface area contributed by atoms with Crippen molar-refractivity contribution in [1.82, 2.24) is 0 Å². The van der Waals surface area contributed by atoms with Gasteiger partial charge in [0, 0.05) is 18.9 Å². The standard InChI is InChI=1S/C21H39NO3/c1-7-17(5)22-19(10-9-11-23)14-21-15(3)12-20(13-16(21)4)25-18(6)24-8-2/h15,18-20,23H,7-14H2,1-6H3/b22-17+. The van der Waals surface area contributed by atoms with Gasteiger partial charge >= 0.3 is 0 Å². The molecule has 25 heavy (non-hydrogen) atoms. The minimum atomic E-state index is -0.134. The summed E-state index contributed by atoms with van der Waals surface area (Å²) in [6.45, 7) is 13.7. The predicted octanol–water partition coefficient (Wildman–Crippen LogP) is 4.90. The van der Waals surface area contributed by atoms with E-state index in [2.05, 4.69) is 27.7 Å². The average Bonchev–Trinajstić information content (AvgIpc) is 2.55. The SMILES string of the molecule is CCOC(C)OC1CC(C)=C(CC(CCCO)/N=C(\C)CC)C(C)C1. The molecular weight excluding hydrogens is 314 g/mol. The Morgan fingerprint density at radius 3 is 2.64 bits per heavy atom. The first-order valence-corrected chi connectivity index (χ1v) is 10.0. The quantitative estimate of drug-likeness (QED) is 0.326. The molecule has 0 fully saturated rings. The molecule has 1 rings (SSSR count). The van der Waals surface area contributed by atoms with Crippen molar-refractivity contribution in [2.45, 2.75) is 98.5 Å². The molecule has 0 spiro atoms. The Balaban J connectivity index is 2.77. The number of aliphatic hydroxyl groups is 1. The number of hydrogen-bond donors (Lipinski definition) is 1. The van der Waals surface area contributed by atoms with E-state index < -0.39 is 0 Å². The topological polar surface area (TPSA) is 51.0 Å². The molecule has 0 heterocycles. The zero-order chi connectivity index (χ0) is 18.8. The minimum absolute atomic E-state index is 0.134. The maximum atomic E-state index is 9.19. The lowest BCUT2D eigenvalue weighted by Crippen LogP contribution is -2.29. The lowest BCUT2D eigenvalue weighted by Gasteiger charge is -2.33. The van der Waals surface area contributed by atoms with E-state index in [0.29, 0.717) is 18.6 Å². The van der Waals surface area contributed by atoms with E-state index in [4.69, 9.17) is 14.5 Å². The molecule has 0 bridgehead atoms. The summed E-state index contributed by atoms with van der Waals surface area (Å²) in [5.41, 5.74) is 4.20. The smallest absolute Gasteiger partial charge is 0.155 e. The second kappa shape index (κ2) is 11.8. The van der Waals surface area contributed by atoms with Crippen LogP contribution in [0.5, 0.6) is 0 Å². The van der Waals surface area contributed by atoms with Crippen molar-refractivity contribution in [2.75, 3.05) is 13.2 Å². The Kier molecular flexibility index (Phi) is 10.6. The summed E-state index contributed by atoms with van der Waals surface area (Å²) in [5, 5.41) is 9.19. The third-order valence-corrected chi connectivity index (χ3v) is 5.14. The van der Waals surface area contributed by atoms with Crippen molar-refractivity contribution < 1.29 is 14.6 Å². The molecule has 4 nitrogen and oxygen atoms in total. The van der Waals surface area contributed by atoms with Crippen LogP contribution in [0.15, 0.2) is 16.1 Å². The van der Waals surface area contributed by atoms with E-state index in [1.165, 1.54) is 11.3 Å². The third kappa shape index (κ3) is 8.02. The summed E-state index contributed by atoms with van der Waals surface area (Å²) >= 11 is 0. The molecule has 0 aromatic rings.